The van der Waals surface area contributed by atoms with Gasteiger partial charge in [0.15, 0.2) is 0 Å². The second-order valence-corrected chi connectivity index (χ2v) is 6.53. The second-order valence-electron chi connectivity index (χ2n) is 5.13. The quantitative estimate of drug-likeness (QED) is 0.715. The molecule has 0 aromatic heterocycles. The number of ether oxygens (including phenoxy) is 1. The molecule has 1 aliphatic heterocycles. The molecule has 3 rings (SSSR count). The van der Waals surface area contributed by atoms with Gasteiger partial charge < -0.3 is 4.74 Å². The molecule has 0 N–H and O–H groups in total. The molecule has 0 spiro atoms. The fourth-order valence-electron chi connectivity index (χ4n) is 2.24. The van der Waals surface area contributed by atoms with Gasteiger partial charge in [0.05, 0.1) is 16.5 Å². The van der Waals surface area contributed by atoms with Crippen molar-refractivity contribution in [3.8, 4) is 5.75 Å². The van der Waals surface area contributed by atoms with Gasteiger partial charge in [-0.1, -0.05) is 35.9 Å². The van der Waals surface area contributed by atoms with E-state index < -0.39 is 17.0 Å². The zero-order valence-corrected chi connectivity index (χ0v) is 14.5. The number of hydrogen-bond donors (Lipinski definition) is 0. The predicted molar refractivity (Wildman–Crippen MR) is 96.0 cm³/mol. The molecule has 128 valence electrons. The van der Waals surface area contributed by atoms with Crippen molar-refractivity contribution in [1.29, 1.82) is 0 Å². The van der Waals surface area contributed by atoms with Crippen LogP contribution in [0.15, 0.2) is 53.4 Å². The van der Waals surface area contributed by atoms with Gasteiger partial charge in [-0.25, -0.2) is 4.39 Å². The Balaban J connectivity index is 1.69. The van der Waals surface area contributed by atoms with E-state index in [0.717, 1.165) is 16.7 Å². The summed E-state index contributed by atoms with van der Waals surface area (Å²) in [5.74, 6) is -0.374. The van der Waals surface area contributed by atoms with Crippen molar-refractivity contribution in [3.63, 3.8) is 0 Å². The summed E-state index contributed by atoms with van der Waals surface area (Å²) >= 11 is 6.71. The van der Waals surface area contributed by atoms with Gasteiger partial charge >= 0.3 is 0 Å². The van der Waals surface area contributed by atoms with E-state index in [-0.39, 0.29) is 28.6 Å². The van der Waals surface area contributed by atoms with E-state index in [0.29, 0.717) is 5.75 Å². The predicted octanol–water partition coefficient (Wildman–Crippen LogP) is 4.59. The summed E-state index contributed by atoms with van der Waals surface area (Å²) in [6, 6.07) is 13.3. The van der Waals surface area contributed by atoms with E-state index in [2.05, 4.69) is 0 Å². The largest absolute Gasteiger partial charge is 0.492 e. The summed E-state index contributed by atoms with van der Waals surface area (Å²) in [7, 11) is 0. The average molecular weight is 378 g/mol. The van der Waals surface area contributed by atoms with Crippen LogP contribution < -0.4 is 4.74 Å². The third-order valence-electron chi connectivity index (χ3n) is 3.48. The first-order valence-corrected chi connectivity index (χ1v) is 8.63. The molecule has 25 heavy (non-hydrogen) atoms. The molecular weight excluding hydrogens is 365 g/mol. The summed E-state index contributed by atoms with van der Waals surface area (Å²) in [4.78, 5) is 25.6. The molecule has 0 atom stereocenters. The van der Waals surface area contributed by atoms with E-state index in [1.165, 1.54) is 24.3 Å². The van der Waals surface area contributed by atoms with Gasteiger partial charge in [-0.3, -0.25) is 14.5 Å². The fourth-order valence-corrected chi connectivity index (χ4v) is 3.31. The lowest BCUT2D eigenvalue weighted by molar-refractivity contribution is -0.123. The van der Waals surface area contributed by atoms with Gasteiger partial charge in [0.1, 0.15) is 18.2 Å². The standard InChI is InChI=1S/C18H13ClFNO3S/c19-14-7-4-8-15(20)13(14)11-16-17(22)21(18(23)25-16)9-10-24-12-5-2-1-3-6-12/h1-8,11H,9-10H2/b16-11-. The molecule has 0 aliphatic carbocycles. The minimum atomic E-state index is -0.549. The summed E-state index contributed by atoms with van der Waals surface area (Å²) < 4.78 is 19.3. The number of thioether (sulfide) groups is 1. The highest BCUT2D eigenvalue weighted by atomic mass is 35.5. The maximum atomic E-state index is 13.8. The third kappa shape index (κ3) is 4.03. The lowest BCUT2D eigenvalue weighted by Crippen LogP contribution is -2.32. The van der Waals surface area contributed by atoms with Crippen LogP contribution in [-0.2, 0) is 4.79 Å². The Morgan fingerprint density at radius 3 is 2.60 bits per heavy atom. The van der Waals surface area contributed by atoms with E-state index >= 15 is 0 Å². The molecule has 2 aromatic rings. The molecule has 2 aromatic carbocycles. The second kappa shape index (κ2) is 7.72. The zero-order chi connectivity index (χ0) is 17.8. The van der Waals surface area contributed by atoms with E-state index in [4.69, 9.17) is 16.3 Å². The lowest BCUT2D eigenvalue weighted by Gasteiger charge is -2.13. The first kappa shape index (κ1) is 17.5. The molecule has 0 unspecified atom stereocenters. The van der Waals surface area contributed by atoms with Crippen molar-refractivity contribution in [1.82, 2.24) is 4.90 Å². The molecule has 7 heteroatoms. The minimum Gasteiger partial charge on any atom is -0.492 e. The Kier molecular flexibility index (Phi) is 5.40. The van der Waals surface area contributed by atoms with Gasteiger partial charge in [-0.15, -0.1) is 0 Å². The molecule has 0 radical (unpaired) electrons. The van der Waals surface area contributed by atoms with Crippen molar-refractivity contribution in [2.75, 3.05) is 13.2 Å². The van der Waals surface area contributed by atoms with Crippen LogP contribution in [0.25, 0.3) is 6.08 Å². The first-order valence-electron chi connectivity index (χ1n) is 7.43. The van der Waals surface area contributed by atoms with Gasteiger partial charge in [0.2, 0.25) is 0 Å². The maximum absolute atomic E-state index is 13.8. The molecule has 4 nitrogen and oxygen atoms in total. The average Bonchev–Trinajstić information content (AvgIpc) is 2.86. The number of benzene rings is 2. The summed E-state index contributed by atoms with van der Waals surface area (Å²) in [5, 5.41) is -0.236. The summed E-state index contributed by atoms with van der Waals surface area (Å²) in [6.45, 7) is 0.289. The summed E-state index contributed by atoms with van der Waals surface area (Å²) in [5.41, 5.74) is 0.0928. The number of carbonyl (C=O) groups is 2. The van der Waals surface area contributed by atoms with Crippen molar-refractivity contribution in [2.24, 2.45) is 0 Å². The number of carbonyl (C=O) groups excluding carboxylic acids is 2. The van der Waals surface area contributed by atoms with Gasteiger partial charge in [-0.05, 0) is 42.1 Å². The molecule has 1 fully saturated rings. The molecule has 0 bridgehead atoms. The van der Waals surface area contributed by atoms with Crippen LogP contribution in [0.3, 0.4) is 0 Å². The molecule has 1 saturated heterocycles. The van der Waals surface area contributed by atoms with E-state index in [9.17, 15) is 14.0 Å². The minimum absolute atomic E-state index is 0.0928. The normalized spacial score (nSPS) is 15.9. The fraction of sp³-hybridized carbons (Fsp3) is 0.111. The van der Waals surface area contributed by atoms with Crippen molar-refractivity contribution >= 4 is 40.6 Å². The number of halogens is 2. The van der Waals surface area contributed by atoms with Crippen LogP contribution in [0.5, 0.6) is 5.75 Å². The van der Waals surface area contributed by atoms with Crippen LogP contribution in [0.2, 0.25) is 5.02 Å². The number of amides is 2. The van der Waals surface area contributed by atoms with E-state index in [1.54, 1.807) is 12.1 Å². The Labute approximate surface area is 153 Å². The summed E-state index contributed by atoms with van der Waals surface area (Å²) in [6.07, 6.45) is 1.31. The molecule has 1 aliphatic rings. The Hall–Kier alpha value is -2.31. The monoisotopic (exact) mass is 377 g/mol. The SMILES string of the molecule is O=C1S/C(=C\c2c(F)cccc2Cl)C(=O)N1CCOc1ccccc1. The Morgan fingerprint density at radius 1 is 1.12 bits per heavy atom. The topological polar surface area (TPSA) is 46.6 Å². The zero-order valence-electron chi connectivity index (χ0n) is 12.9. The highest BCUT2D eigenvalue weighted by Gasteiger charge is 2.35. The number of para-hydroxylation sites is 1. The number of nitrogens with zero attached hydrogens (tertiary/aromatic N) is 1. The molecular formula is C18H13ClFNO3S. The van der Waals surface area contributed by atoms with Gasteiger partial charge in [0, 0.05) is 5.56 Å². The third-order valence-corrected chi connectivity index (χ3v) is 4.71. The van der Waals surface area contributed by atoms with Gasteiger partial charge in [0.25, 0.3) is 11.1 Å². The molecule has 0 saturated carbocycles. The number of hydrogen-bond acceptors (Lipinski definition) is 4. The molecule has 2 amide bonds. The smallest absolute Gasteiger partial charge is 0.293 e. The van der Waals surface area contributed by atoms with Crippen LogP contribution in [0.1, 0.15) is 5.56 Å². The first-order chi connectivity index (χ1) is 12.1. The van der Waals surface area contributed by atoms with Crippen LogP contribution in [0, 0.1) is 5.82 Å². The van der Waals surface area contributed by atoms with Crippen molar-refractivity contribution in [2.45, 2.75) is 0 Å². The van der Waals surface area contributed by atoms with Crippen LogP contribution >= 0.6 is 23.4 Å². The Morgan fingerprint density at radius 2 is 1.88 bits per heavy atom. The van der Waals surface area contributed by atoms with Crippen molar-refractivity contribution < 1.29 is 18.7 Å². The van der Waals surface area contributed by atoms with Crippen molar-refractivity contribution in [3.05, 3.63) is 69.8 Å². The van der Waals surface area contributed by atoms with Crippen LogP contribution in [0.4, 0.5) is 9.18 Å². The maximum Gasteiger partial charge on any atom is 0.293 e. The van der Waals surface area contributed by atoms with Crippen LogP contribution in [-0.4, -0.2) is 29.2 Å². The Bertz CT molecular complexity index is 821. The number of imide groups is 1. The highest BCUT2D eigenvalue weighted by Crippen LogP contribution is 2.34. The highest BCUT2D eigenvalue weighted by molar-refractivity contribution is 8.18. The number of rotatable bonds is 5. The molecule has 1 heterocycles. The van der Waals surface area contributed by atoms with Gasteiger partial charge in [-0.2, -0.15) is 0 Å². The lowest BCUT2D eigenvalue weighted by atomic mass is 10.2. The van der Waals surface area contributed by atoms with E-state index in [1.807, 2.05) is 18.2 Å².